The fourth-order valence-corrected chi connectivity index (χ4v) is 4.38. The lowest BCUT2D eigenvalue weighted by atomic mass is 10.2. The van der Waals surface area contributed by atoms with Crippen molar-refractivity contribution < 1.29 is 61.1 Å². The number of carbonyl (C=O) groups excluding carboxylic acids is 4. The van der Waals surface area contributed by atoms with Crippen molar-refractivity contribution in [2.24, 2.45) is 0 Å². The predicted molar refractivity (Wildman–Crippen MR) is 166 cm³/mol. The van der Waals surface area contributed by atoms with Gasteiger partial charge in [0.15, 0.2) is 6.10 Å². The zero-order valence-corrected chi connectivity index (χ0v) is 27.6. The molecule has 1 N–H and O–H groups in total. The zero-order chi connectivity index (χ0) is 33.8. The van der Waals surface area contributed by atoms with Gasteiger partial charge in [0.2, 0.25) is 0 Å². The average Bonchev–Trinajstić information content (AvgIpc) is 3.00. The van der Waals surface area contributed by atoms with Crippen LogP contribution in [0.15, 0.2) is 60.7 Å². The van der Waals surface area contributed by atoms with E-state index in [1.807, 2.05) is 81.8 Å². The van der Waals surface area contributed by atoms with Crippen LogP contribution in [0.5, 0.6) is 0 Å². The number of quaternary nitrogens is 1. The van der Waals surface area contributed by atoms with Crippen molar-refractivity contribution in [3.8, 4) is 0 Å². The van der Waals surface area contributed by atoms with E-state index in [-0.39, 0.29) is 58.3 Å². The molecule has 0 bridgehead atoms. The van der Waals surface area contributed by atoms with Gasteiger partial charge in [0, 0.05) is 25.7 Å². The molecule has 46 heavy (non-hydrogen) atoms. The van der Waals surface area contributed by atoms with E-state index < -0.39 is 51.0 Å². The lowest BCUT2D eigenvalue weighted by molar-refractivity contribution is -0.870. The molecule has 0 amide bonds. The van der Waals surface area contributed by atoms with E-state index in [0.717, 1.165) is 11.1 Å². The maximum atomic E-state index is 12.5. The smallest absolute Gasteiger partial charge is 0.462 e. The van der Waals surface area contributed by atoms with Crippen LogP contribution in [0.25, 0.3) is 0 Å². The van der Waals surface area contributed by atoms with Crippen LogP contribution in [0, 0.1) is 0 Å². The number of esters is 4. The van der Waals surface area contributed by atoms with Crippen molar-refractivity contribution in [1.82, 2.24) is 0 Å². The minimum Gasteiger partial charge on any atom is -0.462 e. The van der Waals surface area contributed by atoms with E-state index in [9.17, 15) is 28.6 Å². The molecule has 0 aromatic heterocycles. The first kappa shape index (κ1) is 38.6. The maximum absolute atomic E-state index is 12.5. The highest BCUT2D eigenvalue weighted by molar-refractivity contribution is 7.47. The Balaban J connectivity index is 1.79. The largest absolute Gasteiger partial charge is 0.472 e. The van der Waals surface area contributed by atoms with E-state index in [0.29, 0.717) is 11.0 Å². The summed E-state index contributed by atoms with van der Waals surface area (Å²) >= 11 is 0. The van der Waals surface area contributed by atoms with Gasteiger partial charge in [-0.3, -0.25) is 28.2 Å². The van der Waals surface area contributed by atoms with E-state index in [4.69, 9.17) is 28.0 Å². The normalized spacial score (nSPS) is 13.2. The number of hydrogen-bond donors (Lipinski definition) is 1. The minimum atomic E-state index is -4.50. The number of phosphoric ester groups is 1. The van der Waals surface area contributed by atoms with Crippen molar-refractivity contribution in [3.05, 3.63) is 71.8 Å². The summed E-state index contributed by atoms with van der Waals surface area (Å²) in [5, 5.41) is 0. The van der Waals surface area contributed by atoms with Crippen molar-refractivity contribution in [1.29, 1.82) is 0 Å². The Morgan fingerprint density at radius 2 is 1.13 bits per heavy atom. The summed E-state index contributed by atoms with van der Waals surface area (Å²) < 4.78 is 43.7. The molecule has 0 aliphatic heterocycles. The minimum absolute atomic E-state index is 0.00441. The second-order valence-electron chi connectivity index (χ2n) is 11.4. The average molecular weight is 667 g/mol. The fourth-order valence-electron chi connectivity index (χ4n) is 3.64. The van der Waals surface area contributed by atoms with Crippen LogP contribution in [0.2, 0.25) is 0 Å². The predicted octanol–water partition coefficient (Wildman–Crippen LogP) is 4.11. The molecule has 0 spiro atoms. The molecule has 0 aliphatic carbocycles. The van der Waals surface area contributed by atoms with Crippen molar-refractivity contribution in [3.63, 3.8) is 0 Å². The fraction of sp³-hybridized carbons (Fsp3) is 0.500. The van der Waals surface area contributed by atoms with Gasteiger partial charge in [-0.1, -0.05) is 60.7 Å². The summed E-state index contributed by atoms with van der Waals surface area (Å²) in [4.78, 5) is 58.9. The zero-order valence-electron chi connectivity index (χ0n) is 26.7. The standard InChI is InChI=1S/C32H44NO12P/c1-33(2,3)20-21-43-46(38,39)44-25-28(45-32(37)19-11-18-30(35)41-23-27-14-8-5-9-15-27)24-42-31(36)17-10-16-29(34)40-22-26-12-6-4-7-13-26/h4-9,12-15,28H,10-11,16-25H2,1-3H3/p+1. The van der Waals surface area contributed by atoms with E-state index in [1.165, 1.54) is 0 Å². The number of phosphoric acid groups is 1. The van der Waals surface area contributed by atoms with Crippen molar-refractivity contribution in [2.75, 3.05) is 47.5 Å². The molecule has 0 heterocycles. The molecule has 13 nitrogen and oxygen atoms in total. The number of nitrogens with zero attached hydrogens (tertiary/aromatic N) is 1. The number of carbonyl (C=O) groups is 4. The Bertz CT molecular complexity index is 1270. The third kappa shape index (κ3) is 19.0. The van der Waals surface area contributed by atoms with Gasteiger partial charge in [0.1, 0.15) is 33.0 Å². The van der Waals surface area contributed by atoms with Crippen molar-refractivity contribution >= 4 is 31.7 Å². The molecule has 14 heteroatoms. The first-order valence-corrected chi connectivity index (χ1v) is 16.5. The van der Waals surface area contributed by atoms with E-state index in [1.54, 1.807) is 0 Å². The Labute approximate surface area is 269 Å². The molecule has 2 aromatic carbocycles. The molecular weight excluding hydrogens is 621 g/mol. The van der Waals surface area contributed by atoms with Gasteiger partial charge in [0.05, 0.1) is 27.7 Å². The maximum Gasteiger partial charge on any atom is 0.472 e. The molecule has 2 aromatic rings. The van der Waals surface area contributed by atoms with Gasteiger partial charge < -0.3 is 28.3 Å². The Kier molecular flexibility index (Phi) is 17.2. The third-order valence-corrected chi connectivity index (χ3v) is 7.16. The first-order valence-electron chi connectivity index (χ1n) is 15.0. The molecule has 0 saturated heterocycles. The first-order chi connectivity index (χ1) is 21.8. The number of rotatable bonds is 22. The summed E-state index contributed by atoms with van der Waals surface area (Å²) in [6.07, 6.45) is -1.24. The summed E-state index contributed by atoms with van der Waals surface area (Å²) in [7, 11) is 1.14. The van der Waals surface area contributed by atoms with Gasteiger partial charge in [0.25, 0.3) is 0 Å². The Hall–Kier alpha value is -3.61. The molecule has 0 fully saturated rings. The van der Waals surface area contributed by atoms with Crippen molar-refractivity contribution in [2.45, 2.75) is 57.8 Å². The molecule has 2 atom stereocenters. The molecule has 0 radical (unpaired) electrons. The highest BCUT2D eigenvalue weighted by Gasteiger charge is 2.27. The second kappa shape index (κ2) is 20.5. The van der Waals surface area contributed by atoms with Crippen LogP contribution in [-0.4, -0.2) is 86.9 Å². The summed E-state index contributed by atoms with van der Waals surface area (Å²) in [6.45, 7) is -0.465. The van der Waals surface area contributed by atoms with Crippen LogP contribution in [0.1, 0.15) is 49.7 Å². The quantitative estimate of drug-likeness (QED) is 0.0830. The van der Waals surface area contributed by atoms with Gasteiger partial charge in [-0.2, -0.15) is 0 Å². The van der Waals surface area contributed by atoms with Crippen LogP contribution in [0.3, 0.4) is 0 Å². The van der Waals surface area contributed by atoms with Gasteiger partial charge in [-0.25, -0.2) is 4.57 Å². The highest BCUT2D eigenvalue weighted by atomic mass is 31.2. The number of ether oxygens (including phenoxy) is 4. The van der Waals surface area contributed by atoms with E-state index >= 15 is 0 Å². The molecule has 0 aliphatic rings. The Morgan fingerprint density at radius 1 is 0.674 bits per heavy atom. The lowest BCUT2D eigenvalue weighted by Gasteiger charge is -2.24. The van der Waals surface area contributed by atoms with Crippen LogP contribution < -0.4 is 0 Å². The lowest BCUT2D eigenvalue weighted by Crippen LogP contribution is -2.37. The summed E-state index contributed by atoms with van der Waals surface area (Å²) in [5.41, 5.74) is 1.67. The molecule has 0 saturated carbocycles. The Morgan fingerprint density at radius 3 is 1.61 bits per heavy atom. The molecule has 2 rings (SSSR count). The number of benzene rings is 2. The number of hydrogen-bond acceptors (Lipinski definition) is 11. The van der Waals surface area contributed by atoms with E-state index in [2.05, 4.69) is 0 Å². The second-order valence-corrected chi connectivity index (χ2v) is 12.9. The van der Waals surface area contributed by atoms with Crippen LogP contribution in [0.4, 0.5) is 0 Å². The van der Waals surface area contributed by atoms with Crippen LogP contribution >= 0.6 is 7.82 Å². The molecule has 254 valence electrons. The van der Waals surface area contributed by atoms with Gasteiger partial charge in [-0.05, 0) is 24.0 Å². The summed E-state index contributed by atoms with van der Waals surface area (Å²) in [5.74, 6) is -2.36. The van der Waals surface area contributed by atoms with Gasteiger partial charge in [-0.15, -0.1) is 0 Å². The number of likely N-dealkylation sites (N-methyl/N-ethyl adjacent to an activating group) is 1. The summed E-state index contributed by atoms with van der Waals surface area (Å²) in [6, 6.07) is 18.3. The highest BCUT2D eigenvalue weighted by Crippen LogP contribution is 2.43. The SMILES string of the molecule is C[N+](C)(C)CCOP(=O)(O)OCC(COC(=O)CCCC(=O)OCc1ccccc1)OC(=O)CCCC(=O)OCc1ccccc1. The topological polar surface area (TPSA) is 161 Å². The molecular formula is C32H45NO12P+. The van der Waals surface area contributed by atoms with Crippen LogP contribution in [-0.2, 0) is 65.0 Å². The van der Waals surface area contributed by atoms with Gasteiger partial charge >= 0.3 is 31.7 Å². The monoisotopic (exact) mass is 666 g/mol. The third-order valence-electron chi connectivity index (χ3n) is 6.18. The molecule has 2 unspecified atom stereocenters.